The number of carboxylic acids is 1. The summed E-state index contributed by atoms with van der Waals surface area (Å²) in [5.41, 5.74) is 1.48. The summed E-state index contributed by atoms with van der Waals surface area (Å²) in [5.74, 6) is -1.43. The molecule has 1 aromatic carbocycles. The van der Waals surface area contributed by atoms with Crippen molar-refractivity contribution in [1.29, 1.82) is 0 Å². The minimum absolute atomic E-state index is 0.0211. The average molecular weight is 292 g/mol. The maximum absolute atomic E-state index is 11.9. The molecule has 2 amide bonds. The average Bonchev–Trinajstić information content (AvgIpc) is 2.43. The van der Waals surface area contributed by atoms with E-state index < -0.39 is 5.97 Å². The molecular weight excluding hydrogens is 272 g/mol. The van der Waals surface area contributed by atoms with Crippen molar-refractivity contribution in [3.05, 3.63) is 35.4 Å². The van der Waals surface area contributed by atoms with Gasteiger partial charge in [-0.3, -0.25) is 14.4 Å². The van der Waals surface area contributed by atoms with E-state index in [1.165, 1.54) is 4.90 Å². The topological polar surface area (TPSA) is 86.7 Å². The first kappa shape index (κ1) is 16.7. The summed E-state index contributed by atoms with van der Waals surface area (Å²) in [5, 5.41) is 11.1. The number of rotatable bonds is 7. The van der Waals surface area contributed by atoms with Crippen molar-refractivity contribution in [2.75, 3.05) is 20.1 Å². The van der Waals surface area contributed by atoms with Gasteiger partial charge in [-0.25, -0.2) is 0 Å². The van der Waals surface area contributed by atoms with Gasteiger partial charge in [-0.15, -0.1) is 0 Å². The number of amides is 2. The van der Waals surface area contributed by atoms with Gasteiger partial charge in [0.05, 0.1) is 6.54 Å². The van der Waals surface area contributed by atoms with Crippen molar-refractivity contribution < 1.29 is 19.5 Å². The smallest absolute Gasteiger partial charge is 0.303 e. The Balaban J connectivity index is 2.38. The fourth-order valence-electron chi connectivity index (χ4n) is 1.77. The molecule has 0 heterocycles. The SMILES string of the molecule is Cc1cccc(C(=O)NCC(=O)N(C)CCCC(=O)O)c1. The first-order valence-electron chi connectivity index (χ1n) is 6.71. The summed E-state index contributed by atoms with van der Waals surface area (Å²) in [7, 11) is 1.59. The number of aryl methyl sites for hydroxylation is 1. The molecule has 0 saturated heterocycles. The van der Waals surface area contributed by atoms with Crippen LogP contribution in [-0.2, 0) is 9.59 Å². The van der Waals surface area contributed by atoms with Crippen LogP contribution in [0.5, 0.6) is 0 Å². The molecule has 1 rings (SSSR count). The van der Waals surface area contributed by atoms with Gasteiger partial charge in [-0.05, 0) is 25.5 Å². The van der Waals surface area contributed by atoms with Gasteiger partial charge in [0, 0.05) is 25.6 Å². The van der Waals surface area contributed by atoms with E-state index in [1.54, 1.807) is 25.2 Å². The number of nitrogens with one attached hydrogen (secondary N) is 1. The van der Waals surface area contributed by atoms with Crippen molar-refractivity contribution in [3.8, 4) is 0 Å². The summed E-state index contributed by atoms with van der Waals surface area (Å²) in [6.45, 7) is 2.14. The van der Waals surface area contributed by atoms with Crippen molar-refractivity contribution in [3.63, 3.8) is 0 Å². The molecule has 0 aliphatic carbocycles. The highest BCUT2D eigenvalue weighted by molar-refractivity contribution is 5.96. The number of hydrogen-bond acceptors (Lipinski definition) is 3. The predicted molar refractivity (Wildman–Crippen MR) is 78.0 cm³/mol. The monoisotopic (exact) mass is 292 g/mol. The van der Waals surface area contributed by atoms with Gasteiger partial charge in [0.15, 0.2) is 0 Å². The second kappa shape index (κ2) is 8.04. The van der Waals surface area contributed by atoms with Crippen LogP contribution in [0.4, 0.5) is 0 Å². The van der Waals surface area contributed by atoms with Gasteiger partial charge in [-0.2, -0.15) is 0 Å². The van der Waals surface area contributed by atoms with Crippen molar-refractivity contribution >= 4 is 17.8 Å². The van der Waals surface area contributed by atoms with Crippen LogP contribution >= 0.6 is 0 Å². The van der Waals surface area contributed by atoms with Crippen LogP contribution in [0.3, 0.4) is 0 Å². The van der Waals surface area contributed by atoms with Crippen molar-refractivity contribution in [1.82, 2.24) is 10.2 Å². The summed E-state index contributed by atoms with van der Waals surface area (Å²) in [6, 6.07) is 7.10. The molecule has 0 bridgehead atoms. The highest BCUT2D eigenvalue weighted by atomic mass is 16.4. The fraction of sp³-hybridized carbons (Fsp3) is 0.400. The minimum atomic E-state index is -0.886. The Morgan fingerprint density at radius 1 is 1.29 bits per heavy atom. The lowest BCUT2D eigenvalue weighted by molar-refractivity contribution is -0.137. The second-order valence-electron chi connectivity index (χ2n) is 4.86. The van der Waals surface area contributed by atoms with Crippen molar-refractivity contribution in [2.45, 2.75) is 19.8 Å². The Hall–Kier alpha value is -2.37. The summed E-state index contributed by atoms with van der Waals surface area (Å²) < 4.78 is 0. The molecule has 0 saturated carbocycles. The Morgan fingerprint density at radius 3 is 2.62 bits per heavy atom. The van der Waals surface area contributed by atoms with Gasteiger partial charge in [0.25, 0.3) is 5.91 Å². The highest BCUT2D eigenvalue weighted by Gasteiger charge is 2.12. The minimum Gasteiger partial charge on any atom is -0.481 e. The zero-order valence-corrected chi connectivity index (χ0v) is 12.3. The zero-order valence-electron chi connectivity index (χ0n) is 12.3. The number of carbonyl (C=O) groups excluding carboxylic acids is 2. The highest BCUT2D eigenvalue weighted by Crippen LogP contribution is 2.03. The van der Waals surface area contributed by atoms with E-state index in [0.29, 0.717) is 18.5 Å². The maximum Gasteiger partial charge on any atom is 0.303 e. The molecule has 6 heteroatoms. The Labute approximate surface area is 123 Å². The second-order valence-corrected chi connectivity index (χ2v) is 4.86. The lowest BCUT2D eigenvalue weighted by atomic mass is 10.1. The number of hydrogen-bond donors (Lipinski definition) is 2. The van der Waals surface area contributed by atoms with Crippen LogP contribution < -0.4 is 5.32 Å². The van der Waals surface area contributed by atoms with Gasteiger partial charge >= 0.3 is 5.97 Å². The van der Waals surface area contributed by atoms with E-state index in [2.05, 4.69) is 5.32 Å². The van der Waals surface area contributed by atoms with Gasteiger partial charge in [-0.1, -0.05) is 17.7 Å². The largest absolute Gasteiger partial charge is 0.481 e. The molecule has 21 heavy (non-hydrogen) atoms. The molecule has 0 fully saturated rings. The predicted octanol–water partition coefficient (Wildman–Crippen LogP) is 1.05. The first-order chi connectivity index (χ1) is 9.90. The zero-order chi connectivity index (χ0) is 15.8. The Morgan fingerprint density at radius 2 is 2.00 bits per heavy atom. The maximum atomic E-state index is 11.9. The molecule has 114 valence electrons. The molecule has 6 nitrogen and oxygen atoms in total. The van der Waals surface area contributed by atoms with Crippen LogP contribution in [-0.4, -0.2) is 47.9 Å². The molecule has 0 aromatic heterocycles. The molecule has 0 spiro atoms. The number of nitrogens with zero attached hydrogens (tertiary/aromatic N) is 1. The normalized spacial score (nSPS) is 10.0. The van der Waals surface area contributed by atoms with Crippen LogP contribution in [0, 0.1) is 6.92 Å². The standard InChI is InChI=1S/C15H20N2O4/c1-11-5-3-6-12(9-11)15(21)16-10-13(18)17(2)8-4-7-14(19)20/h3,5-6,9H,4,7-8,10H2,1-2H3,(H,16,21)(H,19,20). The van der Waals surface area contributed by atoms with E-state index in [9.17, 15) is 14.4 Å². The molecule has 0 aliphatic heterocycles. The molecule has 1 aromatic rings. The number of carbonyl (C=O) groups is 3. The van der Waals surface area contributed by atoms with Gasteiger partial charge in [0.2, 0.25) is 5.91 Å². The quantitative estimate of drug-likeness (QED) is 0.786. The van der Waals surface area contributed by atoms with E-state index in [4.69, 9.17) is 5.11 Å². The third-order valence-electron chi connectivity index (χ3n) is 2.99. The lowest BCUT2D eigenvalue weighted by Gasteiger charge is -2.17. The molecule has 2 N–H and O–H groups in total. The number of likely N-dealkylation sites (N-methyl/N-ethyl adjacent to an activating group) is 1. The molecule has 0 aliphatic rings. The molecule has 0 atom stereocenters. The molecular formula is C15H20N2O4. The van der Waals surface area contributed by atoms with E-state index >= 15 is 0 Å². The van der Waals surface area contributed by atoms with Crippen LogP contribution in [0.25, 0.3) is 0 Å². The summed E-state index contributed by atoms with van der Waals surface area (Å²) >= 11 is 0. The first-order valence-corrected chi connectivity index (χ1v) is 6.71. The lowest BCUT2D eigenvalue weighted by Crippen LogP contribution is -2.38. The third kappa shape index (κ3) is 6.07. The number of aliphatic carboxylic acids is 1. The molecule has 0 radical (unpaired) electrons. The van der Waals surface area contributed by atoms with Gasteiger partial charge < -0.3 is 15.3 Å². The Kier molecular flexibility index (Phi) is 6.39. The van der Waals surface area contributed by atoms with Crippen molar-refractivity contribution in [2.24, 2.45) is 0 Å². The van der Waals surface area contributed by atoms with E-state index in [1.807, 2.05) is 13.0 Å². The Bertz CT molecular complexity index is 528. The van der Waals surface area contributed by atoms with E-state index in [-0.39, 0.29) is 24.8 Å². The summed E-state index contributed by atoms with van der Waals surface area (Å²) in [4.78, 5) is 35.5. The number of benzene rings is 1. The van der Waals surface area contributed by atoms with Gasteiger partial charge in [0.1, 0.15) is 0 Å². The third-order valence-corrected chi connectivity index (χ3v) is 2.99. The van der Waals surface area contributed by atoms with E-state index in [0.717, 1.165) is 5.56 Å². The molecule has 0 unspecified atom stereocenters. The van der Waals surface area contributed by atoms with Crippen LogP contribution in [0.2, 0.25) is 0 Å². The summed E-state index contributed by atoms with van der Waals surface area (Å²) in [6.07, 6.45) is 0.413. The fourth-order valence-corrected chi connectivity index (χ4v) is 1.77. The number of carboxylic acid groups (broad SMARTS) is 1. The van der Waals surface area contributed by atoms with Crippen LogP contribution in [0.1, 0.15) is 28.8 Å². The van der Waals surface area contributed by atoms with Crippen LogP contribution in [0.15, 0.2) is 24.3 Å².